The van der Waals surface area contributed by atoms with E-state index in [1.807, 2.05) is 17.6 Å². The molecule has 1 fully saturated rings. The Hall–Kier alpha value is -2.37. The Kier molecular flexibility index (Phi) is 2.51. The van der Waals surface area contributed by atoms with Crippen LogP contribution in [0.15, 0.2) is 18.2 Å². The van der Waals surface area contributed by atoms with E-state index in [2.05, 4.69) is 10.3 Å². The minimum absolute atomic E-state index is 0.215. The summed E-state index contributed by atoms with van der Waals surface area (Å²) >= 11 is 0. The Balaban J connectivity index is 2.12. The summed E-state index contributed by atoms with van der Waals surface area (Å²) in [5, 5.41) is 2.37. The molecule has 1 saturated heterocycles. The zero-order valence-electron chi connectivity index (χ0n) is 10.5. The van der Waals surface area contributed by atoms with Crippen LogP contribution >= 0.6 is 0 Å². The second kappa shape index (κ2) is 4.08. The largest absolute Gasteiger partial charge is 0.399 e. The molecule has 0 bridgehead atoms. The van der Waals surface area contributed by atoms with Gasteiger partial charge in [0.05, 0.1) is 11.0 Å². The van der Waals surface area contributed by atoms with E-state index in [-0.39, 0.29) is 17.9 Å². The number of hydrogen-bond acceptors (Lipinski definition) is 4. The summed E-state index contributed by atoms with van der Waals surface area (Å²) in [7, 11) is 0. The first-order chi connectivity index (χ1) is 9.06. The van der Waals surface area contributed by atoms with Crippen LogP contribution in [0.5, 0.6) is 0 Å². The Morgan fingerprint density at radius 2 is 2.21 bits per heavy atom. The van der Waals surface area contributed by atoms with Crippen LogP contribution in [-0.4, -0.2) is 21.4 Å². The number of rotatable bonds is 1. The molecule has 0 spiro atoms. The first kappa shape index (κ1) is 11.7. The van der Waals surface area contributed by atoms with Gasteiger partial charge in [0.1, 0.15) is 11.9 Å². The standard InChI is InChI=1S/C13H14N4O2/c1-7-15-9-6-8(14)2-3-10(9)17(7)11-4-5-12(18)16-13(11)19/h2-3,6,11H,4-5,14H2,1H3,(H,16,18,19). The van der Waals surface area contributed by atoms with E-state index in [0.29, 0.717) is 18.5 Å². The van der Waals surface area contributed by atoms with E-state index in [9.17, 15) is 9.59 Å². The zero-order chi connectivity index (χ0) is 13.6. The van der Waals surface area contributed by atoms with Gasteiger partial charge in [-0.25, -0.2) is 4.98 Å². The highest BCUT2D eigenvalue weighted by Crippen LogP contribution is 2.27. The third-order valence-corrected chi connectivity index (χ3v) is 3.41. The van der Waals surface area contributed by atoms with E-state index >= 15 is 0 Å². The smallest absolute Gasteiger partial charge is 0.249 e. The molecule has 1 aliphatic rings. The predicted octanol–water partition coefficient (Wildman–Crippen LogP) is 0.905. The van der Waals surface area contributed by atoms with E-state index in [0.717, 1.165) is 16.9 Å². The fourth-order valence-corrected chi connectivity index (χ4v) is 2.56. The first-order valence-corrected chi connectivity index (χ1v) is 6.14. The van der Waals surface area contributed by atoms with Gasteiger partial charge in [-0.3, -0.25) is 14.9 Å². The fraction of sp³-hybridized carbons (Fsp3) is 0.308. The number of nitrogen functional groups attached to an aromatic ring is 1. The summed E-state index contributed by atoms with van der Waals surface area (Å²) in [5.74, 6) is 0.262. The Labute approximate surface area is 109 Å². The van der Waals surface area contributed by atoms with Crippen molar-refractivity contribution in [3.05, 3.63) is 24.0 Å². The molecule has 6 nitrogen and oxygen atoms in total. The number of piperidine rings is 1. The number of nitrogens with zero attached hydrogens (tertiary/aromatic N) is 2. The van der Waals surface area contributed by atoms with Gasteiger partial charge in [0.25, 0.3) is 0 Å². The molecule has 3 N–H and O–H groups in total. The Bertz CT molecular complexity index is 689. The van der Waals surface area contributed by atoms with E-state index in [1.165, 1.54) is 0 Å². The molecule has 1 aromatic carbocycles. The van der Waals surface area contributed by atoms with Gasteiger partial charge in [0.15, 0.2) is 0 Å². The number of nitrogens with two attached hydrogens (primary N) is 1. The summed E-state index contributed by atoms with van der Waals surface area (Å²) in [6.07, 6.45) is 0.853. The minimum Gasteiger partial charge on any atom is -0.399 e. The van der Waals surface area contributed by atoms with Crippen molar-refractivity contribution in [2.75, 3.05) is 5.73 Å². The van der Waals surface area contributed by atoms with Crippen LogP contribution in [0.25, 0.3) is 11.0 Å². The lowest BCUT2D eigenvalue weighted by molar-refractivity contribution is -0.135. The van der Waals surface area contributed by atoms with E-state index in [1.54, 1.807) is 12.1 Å². The van der Waals surface area contributed by atoms with Crippen LogP contribution in [0.4, 0.5) is 5.69 Å². The molecule has 19 heavy (non-hydrogen) atoms. The van der Waals surface area contributed by atoms with Gasteiger partial charge in [-0.1, -0.05) is 0 Å². The summed E-state index contributed by atoms with van der Waals surface area (Å²) in [4.78, 5) is 27.6. The number of imide groups is 1. The maximum atomic E-state index is 12.0. The summed E-state index contributed by atoms with van der Waals surface area (Å²) in [5.41, 5.74) is 8.00. The van der Waals surface area contributed by atoms with Crippen LogP contribution in [-0.2, 0) is 9.59 Å². The average molecular weight is 258 g/mol. The van der Waals surface area contributed by atoms with Crippen molar-refractivity contribution in [1.82, 2.24) is 14.9 Å². The van der Waals surface area contributed by atoms with Crippen LogP contribution < -0.4 is 11.1 Å². The fourth-order valence-electron chi connectivity index (χ4n) is 2.56. The monoisotopic (exact) mass is 258 g/mol. The van der Waals surface area contributed by atoms with Crippen LogP contribution in [0.3, 0.4) is 0 Å². The summed E-state index contributed by atoms with van der Waals surface area (Å²) < 4.78 is 1.87. The van der Waals surface area contributed by atoms with Gasteiger partial charge in [-0.05, 0) is 31.5 Å². The lowest BCUT2D eigenvalue weighted by Crippen LogP contribution is -2.41. The van der Waals surface area contributed by atoms with Crippen molar-refractivity contribution in [2.45, 2.75) is 25.8 Å². The molecular formula is C13H14N4O2. The molecule has 1 unspecified atom stereocenters. The number of amides is 2. The SMILES string of the molecule is Cc1nc2cc(N)ccc2n1C1CCC(=O)NC1=O. The van der Waals surface area contributed by atoms with Gasteiger partial charge >= 0.3 is 0 Å². The lowest BCUT2D eigenvalue weighted by Gasteiger charge is -2.23. The molecule has 2 heterocycles. The minimum atomic E-state index is -0.383. The molecule has 1 atom stereocenters. The summed E-state index contributed by atoms with van der Waals surface area (Å²) in [6, 6.07) is 5.04. The molecule has 1 aliphatic heterocycles. The maximum Gasteiger partial charge on any atom is 0.249 e. The van der Waals surface area contributed by atoms with Gasteiger partial charge in [-0.15, -0.1) is 0 Å². The third kappa shape index (κ3) is 1.85. The van der Waals surface area contributed by atoms with Crippen LogP contribution in [0, 0.1) is 6.92 Å². The normalized spacial score (nSPS) is 19.7. The van der Waals surface area contributed by atoms with Gasteiger partial charge < -0.3 is 10.3 Å². The lowest BCUT2D eigenvalue weighted by atomic mass is 10.1. The van der Waals surface area contributed by atoms with Gasteiger partial charge in [0.2, 0.25) is 11.8 Å². The number of hydrogen-bond donors (Lipinski definition) is 2. The zero-order valence-corrected chi connectivity index (χ0v) is 10.5. The maximum absolute atomic E-state index is 12.0. The first-order valence-electron chi connectivity index (χ1n) is 6.14. The number of anilines is 1. The molecule has 98 valence electrons. The number of aryl methyl sites for hydroxylation is 1. The average Bonchev–Trinajstić information content (AvgIpc) is 2.65. The molecule has 0 radical (unpaired) electrons. The van der Waals surface area contributed by atoms with Crippen molar-refractivity contribution in [2.24, 2.45) is 0 Å². The molecule has 2 aromatic rings. The molecule has 1 aromatic heterocycles. The van der Waals surface area contributed by atoms with Crippen molar-refractivity contribution in [3.8, 4) is 0 Å². The highest BCUT2D eigenvalue weighted by atomic mass is 16.2. The summed E-state index contributed by atoms with van der Waals surface area (Å²) in [6.45, 7) is 1.85. The molecule has 2 amide bonds. The number of carbonyl (C=O) groups excluding carboxylic acids is 2. The van der Waals surface area contributed by atoms with E-state index in [4.69, 9.17) is 5.73 Å². The number of nitrogens with one attached hydrogen (secondary N) is 1. The number of imidazole rings is 1. The van der Waals surface area contributed by atoms with E-state index < -0.39 is 0 Å². The Morgan fingerprint density at radius 3 is 2.95 bits per heavy atom. The number of aromatic nitrogens is 2. The Morgan fingerprint density at radius 1 is 1.42 bits per heavy atom. The van der Waals surface area contributed by atoms with Gasteiger partial charge in [0, 0.05) is 12.1 Å². The second-order valence-corrected chi connectivity index (χ2v) is 4.74. The number of benzene rings is 1. The van der Waals surface area contributed by atoms with Gasteiger partial charge in [-0.2, -0.15) is 0 Å². The molecule has 3 rings (SSSR count). The van der Waals surface area contributed by atoms with Crippen molar-refractivity contribution in [1.29, 1.82) is 0 Å². The highest BCUT2D eigenvalue weighted by molar-refractivity contribution is 6.00. The van der Waals surface area contributed by atoms with Crippen LogP contribution in [0.2, 0.25) is 0 Å². The van der Waals surface area contributed by atoms with Crippen molar-refractivity contribution >= 4 is 28.5 Å². The molecular weight excluding hydrogens is 244 g/mol. The number of carbonyl (C=O) groups is 2. The molecule has 0 saturated carbocycles. The quantitative estimate of drug-likeness (QED) is 0.587. The predicted molar refractivity (Wildman–Crippen MR) is 70.3 cm³/mol. The topological polar surface area (TPSA) is 90.0 Å². The third-order valence-electron chi connectivity index (χ3n) is 3.41. The van der Waals surface area contributed by atoms with Crippen LogP contribution in [0.1, 0.15) is 24.7 Å². The number of fused-ring (bicyclic) bond motifs is 1. The van der Waals surface area contributed by atoms with Crippen molar-refractivity contribution in [3.63, 3.8) is 0 Å². The molecule has 0 aliphatic carbocycles. The van der Waals surface area contributed by atoms with Crippen molar-refractivity contribution < 1.29 is 9.59 Å². The molecule has 6 heteroatoms. The highest BCUT2D eigenvalue weighted by Gasteiger charge is 2.30. The second-order valence-electron chi connectivity index (χ2n) is 4.74.